The van der Waals surface area contributed by atoms with Crippen LogP contribution in [0.5, 0.6) is 0 Å². The molecule has 0 amide bonds. The maximum absolute atomic E-state index is 5.41. The van der Waals surface area contributed by atoms with Gasteiger partial charge in [0.25, 0.3) is 0 Å². The molecule has 2 aliphatic rings. The number of halogens is 1. The molecule has 0 bridgehead atoms. The summed E-state index contributed by atoms with van der Waals surface area (Å²) in [6.45, 7) is 6.24. The Morgan fingerprint density at radius 1 is 1.50 bits per heavy atom. The number of rotatable bonds is 4. The van der Waals surface area contributed by atoms with E-state index >= 15 is 0 Å². The first-order valence-corrected chi connectivity index (χ1v) is 6.62. The first-order valence-electron chi connectivity index (χ1n) is 6.62. The minimum Gasteiger partial charge on any atom is -0.381 e. The lowest BCUT2D eigenvalue weighted by molar-refractivity contribution is 0.181. The van der Waals surface area contributed by atoms with E-state index in [1.807, 2.05) is 7.05 Å². The molecule has 1 N–H and O–H groups in total. The Morgan fingerprint density at radius 2 is 2.22 bits per heavy atom. The van der Waals surface area contributed by atoms with E-state index in [1.54, 1.807) is 0 Å². The Kier molecular flexibility index (Phi) is 6.17. The lowest BCUT2D eigenvalue weighted by atomic mass is 10.1. The first-order chi connectivity index (χ1) is 8.13. The summed E-state index contributed by atoms with van der Waals surface area (Å²) in [5.74, 6) is 1.68. The Balaban J connectivity index is 0.00000162. The van der Waals surface area contributed by atoms with Crippen LogP contribution in [0.15, 0.2) is 4.99 Å². The fourth-order valence-electron chi connectivity index (χ4n) is 2.27. The minimum atomic E-state index is 0. The highest BCUT2D eigenvalue weighted by Crippen LogP contribution is 2.44. The zero-order chi connectivity index (χ0) is 12.3. The predicted octanol–water partition coefficient (Wildman–Crippen LogP) is 1.95. The molecule has 2 rings (SSSR count). The second-order valence-corrected chi connectivity index (χ2v) is 5.82. The van der Waals surface area contributed by atoms with Gasteiger partial charge in [0.1, 0.15) is 0 Å². The summed E-state index contributed by atoms with van der Waals surface area (Å²) < 4.78 is 5.41. The van der Waals surface area contributed by atoms with Crippen LogP contribution in [0.1, 0.15) is 26.2 Å². The van der Waals surface area contributed by atoms with Crippen LogP contribution in [0, 0.1) is 11.3 Å². The lowest BCUT2D eigenvalue weighted by Crippen LogP contribution is -2.43. The van der Waals surface area contributed by atoms with Crippen LogP contribution < -0.4 is 5.32 Å². The molecule has 0 aromatic rings. The fourth-order valence-corrected chi connectivity index (χ4v) is 2.27. The van der Waals surface area contributed by atoms with Crippen molar-refractivity contribution in [2.24, 2.45) is 16.3 Å². The van der Waals surface area contributed by atoms with Gasteiger partial charge in [0.2, 0.25) is 0 Å². The average molecular weight is 367 g/mol. The van der Waals surface area contributed by atoms with Crippen molar-refractivity contribution >= 4 is 29.9 Å². The molecule has 1 aliphatic carbocycles. The van der Waals surface area contributed by atoms with E-state index < -0.39 is 0 Å². The number of hydrogen-bond donors (Lipinski definition) is 1. The van der Waals surface area contributed by atoms with Gasteiger partial charge in [-0.1, -0.05) is 6.92 Å². The third kappa shape index (κ3) is 4.57. The minimum absolute atomic E-state index is 0. The molecule has 18 heavy (non-hydrogen) atoms. The zero-order valence-electron chi connectivity index (χ0n) is 11.7. The third-order valence-electron chi connectivity index (χ3n) is 3.91. The van der Waals surface area contributed by atoms with Crippen LogP contribution in [0.4, 0.5) is 0 Å². The standard InChI is InChI=1S/C13H25N3O.HI/c1-13(5-6-13)10-15-12(14-2)16(3)8-11-4-7-17-9-11;/h11H,4-10H2,1-3H3,(H,14,15);1H. The van der Waals surface area contributed by atoms with Crippen molar-refractivity contribution in [2.45, 2.75) is 26.2 Å². The third-order valence-corrected chi connectivity index (χ3v) is 3.91. The van der Waals surface area contributed by atoms with Gasteiger partial charge in [-0.05, 0) is 24.7 Å². The topological polar surface area (TPSA) is 36.9 Å². The van der Waals surface area contributed by atoms with E-state index in [9.17, 15) is 0 Å². The molecule has 1 heterocycles. The van der Waals surface area contributed by atoms with E-state index in [0.717, 1.165) is 32.3 Å². The highest BCUT2D eigenvalue weighted by molar-refractivity contribution is 14.0. The second-order valence-electron chi connectivity index (χ2n) is 5.82. The quantitative estimate of drug-likeness (QED) is 0.469. The molecular formula is C13H26IN3O. The molecule has 4 nitrogen and oxygen atoms in total. The van der Waals surface area contributed by atoms with Gasteiger partial charge in [0.05, 0.1) is 6.61 Å². The van der Waals surface area contributed by atoms with E-state index in [0.29, 0.717) is 11.3 Å². The number of nitrogens with zero attached hydrogens (tertiary/aromatic N) is 2. The van der Waals surface area contributed by atoms with Crippen LogP contribution in [-0.4, -0.2) is 51.3 Å². The van der Waals surface area contributed by atoms with Gasteiger partial charge in [-0.25, -0.2) is 0 Å². The smallest absolute Gasteiger partial charge is 0.193 e. The average Bonchev–Trinajstić information content (AvgIpc) is 2.82. The monoisotopic (exact) mass is 367 g/mol. The predicted molar refractivity (Wildman–Crippen MR) is 85.7 cm³/mol. The van der Waals surface area contributed by atoms with Gasteiger partial charge < -0.3 is 15.0 Å². The summed E-state index contributed by atoms with van der Waals surface area (Å²) in [6, 6.07) is 0. The van der Waals surface area contributed by atoms with E-state index in [1.165, 1.54) is 19.3 Å². The second kappa shape index (κ2) is 6.93. The summed E-state index contributed by atoms with van der Waals surface area (Å²) in [6.07, 6.45) is 3.87. The normalized spacial score (nSPS) is 25.5. The molecule has 0 aromatic heterocycles. The zero-order valence-corrected chi connectivity index (χ0v) is 14.1. The molecule has 1 atom stereocenters. The number of hydrogen-bond acceptors (Lipinski definition) is 2. The molecule has 0 spiro atoms. The molecule has 1 unspecified atom stereocenters. The van der Waals surface area contributed by atoms with Crippen molar-refractivity contribution in [3.05, 3.63) is 0 Å². The van der Waals surface area contributed by atoms with Crippen molar-refractivity contribution in [1.82, 2.24) is 10.2 Å². The van der Waals surface area contributed by atoms with Crippen molar-refractivity contribution < 1.29 is 4.74 Å². The first kappa shape index (κ1) is 16.0. The number of guanidine groups is 1. The van der Waals surface area contributed by atoms with Gasteiger partial charge in [0, 0.05) is 39.7 Å². The number of aliphatic imine (C=N–C) groups is 1. The maximum atomic E-state index is 5.41. The fraction of sp³-hybridized carbons (Fsp3) is 0.923. The Bertz CT molecular complexity index is 286. The Hall–Kier alpha value is -0.0400. The van der Waals surface area contributed by atoms with Crippen LogP contribution in [0.2, 0.25) is 0 Å². The molecular weight excluding hydrogens is 341 g/mol. The molecule has 0 radical (unpaired) electrons. The summed E-state index contributed by atoms with van der Waals surface area (Å²) in [7, 11) is 3.97. The van der Waals surface area contributed by atoms with Crippen molar-refractivity contribution in [1.29, 1.82) is 0 Å². The largest absolute Gasteiger partial charge is 0.381 e. The molecule has 2 fully saturated rings. The van der Waals surface area contributed by atoms with Gasteiger partial charge in [-0.2, -0.15) is 0 Å². The highest BCUT2D eigenvalue weighted by atomic mass is 127. The van der Waals surface area contributed by atoms with Crippen LogP contribution in [0.3, 0.4) is 0 Å². The summed E-state index contributed by atoms with van der Waals surface area (Å²) in [5.41, 5.74) is 0.521. The van der Waals surface area contributed by atoms with Crippen molar-refractivity contribution in [2.75, 3.05) is 40.4 Å². The Morgan fingerprint density at radius 3 is 2.72 bits per heavy atom. The van der Waals surface area contributed by atoms with Gasteiger partial charge >= 0.3 is 0 Å². The van der Waals surface area contributed by atoms with Crippen molar-refractivity contribution in [3.63, 3.8) is 0 Å². The van der Waals surface area contributed by atoms with Crippen LogP contribution in [-0.2, 0) is 4.74 Å². The number of nitrogens with one attached hydrogen (secondary N) is 1. The van der Waals surface area contributed by atoms with Crippen molar-refractivity contribution in [3.8, 4) is 0 Å². The van der Waals surface area contributed by atoms with E-state index in [4.69, 9.17) is 4.74 Å². The molecule has 106 valence electrons. The summed E-state index contributed by atoms with van der Waals surface area (Å²) in [5, 5.41) is 3.48. The van der Waals surface area contributed by atoms with Gasteiger partial charge in [-0.3, -0.25) is 4.99 Å². The molecule has 1 saturated heterocycles. The van der Waals surface area contributed by atoms with Crippen LogP contribution >= 0.6 is 24.0 Å². The van der Waals surface area contributed by atoms with Gasteiger partial charge in [-0.15, -0.1) is 24.0 Å². The lowest BCUT2D eigenvalue weighted by Gasteiger charge is -2.25. The molecule has 5 heteroatoms. The van der Waals surface area contributed by atoms with Crippen LogP contribution in [0.25, 0.3) is 0 Å². The highest BCUT2D eigenvalue weighted by Gasteiger charge is 2.37. The van der Waals surface area contributed by atoms with Gasteiger partial charge in [0.15, 0.2) is 5.96 Å². The number of ether oxygens (including phenoxy) is 1. The molecule has 1 aliphatic heterocycles. The molecule has 1 saturated carbocycles. The summed E-state index contributed by atoms with van der Waals surface area (Å²) >= 11 is 0. The van der Waals surface area contributed by atoms with E-state index in [-0.39, 0.29) is 24.0 Å². The molecule has 0 aromatic carbocycles. The maximum Gasteiger partial charge on any atom is 0.193 e. The Labute approximate surface area is 128 Å². The SMILES string of the molecule is CN=C(NCC1(C)CC1)N(C)CC1CCOC1.I. The van der Waals surface area contributed by atoms with E-state index in [2.05, 4.69) is 29.2 Å². The summed E-state index contributed by atoms with van der Waals surface area (Å²) in [4.78, 5) is 6.58.